The fourth-order valence-corrected chi connectivity index (χ4v) is 4.84. The van der Waals surface area contributed by atoms with Crippen LogP contribution in [-0.2, 0) is 13.1 Å². The van der Waals surface area contributed by atoms with Crippen LogP contribution >= 0.6 is 12.4 Å². The Bertz CT molecular complexity index is 872. The van der Waals surface area contributed by atoms with Gasteiger partial charge in [-0.3, -0.25) is 4.79 Å². The van der Waals surface area contributed by atoms with E-state index in [2.05, 4.69) is 20.1 Å². The molecular formula is C22H30ClN5O2. The van der Waals surface area contributed by atoms with E-state index in [1.165, 1.54) is 12.8 Å². The number of aromatic nitrogens is 3. The second kappa shape index (κ2) is 9.35. The van der Waals surface area contributed by atoms with Gasteiger partial charge in [0, 0.05) is 37.7 Å². The number of nitrogens with one attached hydrogen (secondary N) is 1. The Morgan fingerprint density at radius 3 is 2.67 bits per heavy atom. The van der Waals surface area contributed by atoms with E-state index in [0.29, 0.717) is 12.0 Å². The van der Waals surface area contributed by atoms with Gasteiger partial charge in [-0.1, -0.05) is 6.07 Å². The third-order valence-electron chi connectivity index (χ3n) is 6.48. The van der Waals surface area contributed by atoms with Crippen molar-refractivity contribution in [2.45, 2.75) is 63.6 Å². The normalized spacial score (nSPS) is 19.9. The van der Waals surface area contributed by atoms with E-state index in [1.54, 1.807) is 0 Å². The van der Waals surface area contributed by atoms with Gasteiger partial charge in [-0.05, 0) is 56.7 Å². The van der Waals surface area contributed by atoms with E-state index < -0.39 is 0 Å². The lowest BCUT2D eigenvalue weighted by molar-refractivity contribution is 0.0709. The number of rotatable bonds is 4. The number of carbonyl (C=O) groups excluding carboxylic acids is 1. The molecule has 162 valence electrons. The molecule has 3 aliphatic rings. The molecule has 1 aromatic carbocycles. The number of amides is 1. The maximum absolute atomic E-state index is 13.0. The molecule has 1 aromatic heterocycles. The highest BCUT2D eigenvalue weighted by molar-refractivity contribution is 5.94. The van der Waals surface area contributed by atoms with E-state index >= 15 is 0 Å². The van der Waals surface area contributed by atoms with Crippen LogP contribution in [0.25, 0.3) is 0 Å². The summed E-state index contributed by atoms with van der Waals surface area (Å²) in [7, 11) is 0. The maximum atomic E-state index is 13.0. The van der Waals surface area contributed by atoms with Crippen LogP contribution in [0.2, 0.25) is 0 Å². The molecule has 0 spiro atoms. The highest BCUT2D eigenvalue weighted by Crippen LogP contribution is 2.29. The molecule has 2 aliphatic heterocycles. The van der Waals surface area contributed by atoms with Gasteiger partial charge in [-0.15, -0.1) is 22.6 Å². The third kappa shape index (κ3) is 4.32. The molecule has 7 nitrogen and oxygen atoms in total. The minimum absolute atomic E-state index is 0. The fourth-order valence-electron chi connectivity index (χ4n) is 4.84. The number of carbonyl (C=O) groups is 1. The van der Waals surface area contributed by atoms with E-state index in [9.17, 15) is 4.79 Å². The monoisotopic (exact) mass is 431 g/mol. The minimum Gasteiger partial charge on any atom is -0.490 e. The van der Waals surface area contributed by atoms with Crippen LogP contribution in [0.3, 0.4) is 0 Å². The number of nitrogens with zero attached hydrogens (tertiary/aromatic N) is 4. The molecule has 3 heterocycles. The first-order valence-electron chi connectivity index (χ1n) is 11.0. The number of hydrogen-bond acceptors (Lipinski definition) is 5. The second-order valence-corrected chi connectivity index (χ2v) is 8.42. The zero-order valence-electron chi connectivity index (χ0n) is 17.3. The zero-order chi connectivity index (χ0) is 19.6. The molecule has 0 radical (unpaired) electrons. The standard InChI is InChI=1S/C22H29N5O2.ClH/c28-22(17-4-3-7-19(14-17)29-18-5-1-2-6-18)26-11-8-16(9-12-26)21-25-24-20-15-23-10-13-27(20)21;/h3-4,7,14,16,18,23H,1-2,5-6,8-13,15H2;1H. The van der Waals surface area contributed by atoms with Crippen molar-refractivity contribution in [2.24, 2.45) is 0 Å². The molecule has 1 saturated carbocycles. The predicted molar refractivity (Wildman–Crippen MR) is 116 cm³/mol. The first-order chi connectivity index (χ1) is 14.3. The average molecular weight is 432 g/mol. The predicted octanol–water partition coefficient (Wildman–Crippen LogP) is 3.14. The summed E-state index contributed by atoms with van der Waals surface area (Å²) in [4.78, 5) is 15.0. The Morgan fingerprint density at radius 1 is 1.07 bits per heavy atom. The summed E-state index contributed by atoms with van der Waals surface area (Å²) in [5.74, 6) is 3.44. The van der Waals surface area contributed by atoms with Crippen molar-refractivity contribution in [3.63, 3.8) is 0 Å². The van der Waals surface area contributed by atoms with Gasteiger partial charge in [0.15, 0.2) is 0 Å². The van der Waals surface area contributed by atoms with E-state index in [0.717, 1.165) is 81.4 Å². The van der Waals surface area contributed by atoms with Crippen molar-refractivity contribution in [3.05, 3.63) is 41.5 Å². The SMILES string of the molecule is Cl.O=C(c1cccc(OC2CCCC2)c1)N1CCC(c2nnc3n2CCNC3)CC1. The van der Waals surface area contributed by atoms with Crippen molar-refractivity contribution >= 4 is 18.3 Å². The molecule has 5 rings (SSSR count). The first kappa shape index (κ1) is 21.1. The Morgan fingerprint density at radius 2 is 1.87 bits per heavy atom. The van der Waals surface area contributed by atoms with Gasteiger partial charge in [0.25, 0.3) is 5.91 Å². The Balaban J connectivity index is 0.00000218. The summed E-state index contributed by atoms with van der Waals surface area (Å²) in [6.07, 6.45) is 6.90. The van der Waals surface area contributed by atoms with Crippen LogP contribution in [0.4, 0.5) is 0 Å². The number of ether oxygens (including phenoxy) is 1. The highest BCUT2D eigenvalue weighted by Gasteiger charge is 2.29. The Hall–Kier alpha value is -2.12. The molecule has 0 unspecified atom stereocenters. The molecule has 2 fully saturated rings. The molecule has 1 aliphatic carbocycles. The molecule has 30 heavy (non-hydrogen) atoms. The Kier molecular flexibility index (Phi) is 6.58. The topological polar surface area (TPSA) is 72.3 Å². The minimum atomic E-state index is 0. The molecule has 1 amide bonds. The fraction of sp³-hybridized carbons (Fsp3) is 0.591. The van der Waals surface area contributed by atoms with Crippen molar-refractivity contribution in [1.29, 1.82) is 0 Å². The van der Waals surface area contributed by atoms with E-state index in [-0.39, 0.29) is 18.3 Å². The first-order valence-corrected chi connectivity index (χ1v) is 11.0. The number of likely N-dealkylation sites (tertiary alicyclic amines) is 1. The summed E-state index contributed by atoms with van der Waals surface area (Å²) in [6.45, 7) is 4.22. The zero-order valence-corrected chi connectivity index (χ0v) is 18.1. The van der Waals surface area contributed by atoms with Gasteiger partial charge < -0.3 is 19.5 Å². The van der Waals surface area contributed by atoms with Crippen molar-refractivity contribution in [1.82, 2.24) is 25.0 Å². The van der Waals surface area contributed by atoms with Crippen LogP contribution in [0, 0.1) is 0 Å². The maximum Gasteiger partial charge on any atom is 0.253 e. The van der Waals surface area contributed by atoms with E-state index in [1.807, 2.05) is 29.2 Å². The molecule has 1 N–H and O–H groups in total. The van der Waals surface area contributed by atoms with Gasteiger partial charge in [-0.25, -0.2) is 0 Å². The lowest BCUT2D eigenvalue weighted by Gasteiger charge is -2.32. The summed E-state index contributed by atoms with van der Waals surface area (Å²) < 4.78 is 8.34. The van der Waals surface area contributed by atoms with Crippen molar-refractivity contribution in [2.75, 3.05) is 19.6 Å². The van der Waals surface area contributed by atoms with Crippen molar-refractivity contribution < 1.29 is 9.53 Å². The summed E-state index contributed by atoms with van der Waals surface area (Å²) in [6, 6.07) is 7.71. The average Bonchev–Trinajstić information content (AvgIpc) is 3.43. The largest absolute Gasteiger partial charge is 0.490 e. The smallest absolute Gasteiger partial charge is 0.253 e. The highest BCUT2D eigenvalue weighted by atomic mass is 35.5. The number of benzene rings is 1. The molecule has 1 saturated heterocycles. The summed E-state index contributed by atoms with van der Waals surface area (Å²) in [5, 5.41) is 12.1. The van der Waals surface area contributed by atoms with Crippen LogP contribution in [0.5, 0.6) is 5.75 Å². The van der Waals surface area contributed by atoms with Crippen LogP contribution < -0.4 is 10.1 Å². The Labute approximate surface area is 183 Å². The lowest BCUT2D eigenvalue weighted by atomic mass is 9.95. The number of hydrogen-bond donors (Lipinski definition) is 1. The number of piperidine rings is 1. The van der Waals surface area contributed by atoms with E-state index in [4.69, 9.17) is 4.74 Å². The molecular weight excluding hydrogens is 402 g/mol. The molecule has 2 aromatic rings. The van der Waals surface area contributed by atoms with Gasteiger partial charge in [-0.2, -0.15) is 0 Å². The quantitative estimate of drug-likeness (QED) is 0.805. The number of halogens is 1. The van der Waals surface area contributed by atoms with Crippen LogP contribution in [0.15, 0.2) is 24.3 Å². The molecule has 0 atom stereocenters. The van der Waals surface area contributed by atoms with Crippen LogP contribution in [0.1, 0.15) is 66.4 Å². The summed E-state index contributed by atoms with van der Waals surface area (Å²) >= 11 is 0. The van der Waals surface area contributed by atoms with Gasteiger partial charge in [0.1, 0.15) is 17.4 Å². The van der Waals surface area contributed by atoms with Crippen molar-refractivity contribution in [3.8, 4) is 5.75 Å². The third-order valence-corrected chi connectivity index (χ3v) is 6.48. The number of fused-ring (bicyclic) bond motifs is 1. The van der Waals surface area contributed by atoms with Gasteiger partial charge in [0.2, 0.25) is 0 Å². The molecule has 0 bridgehead atoms. The lowest BCUT2D eigenvalue weighted by Crippen LogP contribution is -2.39. The van der Waals surface area contributed by atoms with Gasteiger partial charge >= 0.3 is 0 Å². The second-order valence-electron chi connectivity index (χ2n) is 8.42. The summed E-state index contributed by atoms with van der Waals surface area (Å²) in [5.41, 5.74) is 0.727. The van der Waals surface area contributed by atoms with Crippen LogP contribution in [-0.4, -0.2) is 51.3 Å². The van der Waals surface area contributed by atoms with Gasteiger partial charge in [0.05, 0.1) is 12.6 Å². The molecule has 8 heteroatoms.